The van der Waals surface area contributed by atoms with Gasteiger partial charge in [-0.3, -0.25) is 4.79 Å². The second kappa shape index (κ2) is 8.68. The molecule has 4 rings (SSSR count). The van der Waals surface area contributed by atoms with Crippen LogP contribution in [0.3, 0.4) is 0 Å². The summed E-state index contributed by atoms with van der Waals surface area (Å²) in [4.78, 5) is 15.2. The number of hydrogen-bond donors (Lipinski definition) is 1. The van der Waals surface area contributed by atoms with Gasteiger partial charge in [-0.1, -0.05) is 25.1 Å². The van der Waals surface area contributed by atoms with Crippen molar-refractivity contribution in [2.75, 3.05) is 39.9 Å². The van der Waals surface area contributed by atoms with Gasteiger partial charge in [0.25, 0.3) is 0 Å². The zero-order valence-corrected chi connectivity index (χ0v) is 17.4. The average Bonchev–Trinajstić information content (AvgIpc) is 2.73. The highest BCUT2D eigenvalue weighted by Crippen LogP contribution is 2.33. The van der Waals surface area contributed by atoms with Crippen LogP contribution in [-0.4, -0.2) is 50.7 Å². The third-order valence-electron chi connectivity index (χ3n) is 6.02. The molecule has 0 spiro atoms. The van der Waals surface area contributed by atoms with Crippen molar-refractivity contribution >= 4 is 29.1 Å². The van der Waals surface area contributed by atoms with Gasteiger partial charge in [0.2, 0.25) is 5.91 Å². The van der Waals surface area contributed by atoms with Crippen LogP contribution in [0.2, 0.25) is 0 Å². The molecule has 2 aromatic rings. The zero-order valence-electron chi connectivity index (χ0n) is 16.6. The maximum absolute atomic E-state index is 13.2. The Hall–Kier alpha value is -1.82. The van der Waals surface area contributed by atoms with E-state index in [4.69, 9.17) is 9.47 Å². The van der Waals surface area contributed by atoms with E-state index in [1.54, 1.807) is 7.11 Å². The van der Waals surface area contributed by atoms with E-state index in [1.807, 2.05) is 17.0 Å². The standard InChI is InChI=1S/C22H28N2O3.ClH/c1-22(7-9-23-10-8-22)21(25)24-11-12-27-20(15-24)18-4-3-17-14-19(26-2)6-5-16(17)13-18;/h3-6,13-14,20,23H,7-12,15H2,1-2H3;1H. The first kappa shape index (κ1) is 20.9. The Morgan fingerprint density at radius 3 is 2.64 bits per heavy atom. The Labute approximate surface area is 172 Å². The number of rotatable bonds is 3. The fraction of sp³-hybridized carbons (Fsp3) is 0.500. The lowest BCUT2D eigenvalue weighted by molar-refractivity contribution is -0.150. The van der Waals surface area contributed by atoms with Crippen LogP contribution in [-0.2, 0) is 9.53 Å². The summed E-state index contributed by atoms with van der Waals surface area (Å²) >= 11 is 0. The Bertz CT molecular complexity index is 836. The summed E-state index contributed by atoms with van der Waals surface area (Å²) < 4.78 is 11.3. The summed E-state index contributed by atoms with van der Waals surface area (Å²) in [6, 6.07) is 12.5. The maximum atomic E-state index is 13.2. The van der Waals surface area contributed by atoms with Crippen molar-refractivity contribution in [2.24, 2.45) is 5.41 Å². The lowest BCUT2D eigenvalue weighted by atomic mass is 9.79. The number of ether oxygens (including phenoxy) is 2. The van der Waals surface area contributed by atoms with E-state index in [9.17, 15) is 4.79 Å². The molecule has 28 heavy (non-hydrogen) atoms. The number of nitrogens with zero attached hydrogens (tertiary/aromatic N) is 1. The van der Waals surface area contributed by atoms with Crippen LogP contribution in [0.25, 0.3) is 10.8 Å². The highest BCUT2D eigenvalue weighted by Gasteiger charge is 2.39. The lowest BCUT2D eigenvalue weighted by Gasteiger charge is -2.41. The van der Waals surface area contributed by atoms with Crippen molar-refractivity contribution in [1.82, 2.24) is 10.2 Å². The molecule has 2 aliphatic heterocycles. The molecule has 5 nitrogen and oxygen atoms in total. The van der Waals surface area contributed by atoms with Gasteiger partial charge in [0, 0.05) is 12.0 Å². The van der Waals surface area contributed by atoms with Crippen LogP contribution < -0.4 is 10.1 Å². The van der Waals surface area contributed by atoms with Crippen LogP contribution in [0, 0.1) is 5.41 Å². The average molecular weight is 405 g/mol. The summed E-state index contributed by atoms with van der Waals surface area (Å²) in [6.45, 7) is 5.86. The van der Waals surface area contributed by atoms with Gasteiger partial charge in [-0.25, -0.2) is 0 Å². The molecule has 2 heterocycles. The normalized spacial score (nSPS) is 21.8. The number of amides is 1. The Morgan fingerprint density at radius 1 is 1.18 bits per heavy atom. The lowest BCUT2D eigenvalue weighted by Crippen LogP contribution is -2.51. The number of halogens is 1. The van der Waals surface area contributed by atoms with E-state index >= 15 is 0 Å². The van der Waals surface area contributed by atoms with Gasteiger partial charge in [-0.2, -0.15) is 0 Å². The molecule has 0 bridgehead atoms. The first-order chi connectivity index (χ1) is 13.1. The van der Waals surface area contributed by atoms with Gasteiger partial charge in [0.15, 0.2) is 0 Å². The van der Waals surface area contributed by atoms with Crippen molar-refractivity contribution in [3.8, 4) is 5.75 Å². The summed E-state index contributed by atoms with van der Waals surface area (Å²) in [5.41, 5.74) is 0.883. The monoisotopic (exact) mass is 404 g/mol. The quantitative estimate of drug-likeness (QED) is 0.849. The number of methoxy groups -OCH3 is 1. The molecular formula is C22H29ClN2O3. The summed E-state index contributed by atoms with van der Waals surface area (Å²) in [5, 5.41) is 5.65. The fourth-order valence-electron chi connectivity index (χ4n) is 4.18. The van der Waals surface area contributed by atoms with Crippen molar-refractivity contribution < 1.29 is 14.3 Å². The largest absolute Gasteiger partial charge is 0.497 e. The summed E-state index contributed by atoms with van der Waals surface area (Å²) in [5.74, 6) is 1.14. The van der Waals surface area contributed by atoms with Gasteiger partial charge in [-0.05, 0) is 60.5 Å². The molecular weight excluding hydrogens is 376 g/mol. The van der Waals surface area contributed by atoms with E-state index in [0.717, 1.165) is 48.0 Å². The number of piperidine rings is 1. The van der Waals surface area contributed by atoms with E-state index < -0.39 is 0 Å². The predicted molar refractivity (Wildman–Crippen MR) is 113 cm³/mol. The fourth-order valence-corrected chi connectivity index (χ4v) is 4.18. The van der Waals surface area contributed by atoms with Crippen molar-refractivity contribution in [3.63, 3.8) is 0 Å². The first-order valence-electron chi connectivity index (χ1n) is 9.78. The minimum absolute atomic E-state index is 0. The highest BCUT2D eigenvalue weighted by atomic mass is 35.5. The topological polar surface area (TPSA) is 50.8 Å². The van der Waals surface area contributed by atoms with Crippen molar-refractivity contribution in [3.05, 3.63) is 42.0 Å². The van der Waals surface area contributed by atoms with Crippen LogP contribution in [0.4, 0.5) is 0 Å². The first-order valence-corrected chi connectivity index (χ1v) is 9.78. The molecule has 0 radical (unpaired) electrons. The van der Waals surface area contributed by atoms with E-state index in [-0.39, 0.29) is 29.8 Å². The summed E-state index contributed by atoms with van der Waals surface area (Å²) in [6.07, 6.45) is 1.75. The number of fused-ring (bicyclic) bond motifs is 1. The second-order valence-corrected chi connectivity index (χ2v) is 7.89. The third-order valence-corrected chi connectivity index (χ3v) is 6.02. The molecule has 1 N–H and O–H groups in total. The van der Waals surface area contributed by atoms with Gasteiger partial charge >= 0.3 is 0 Å². The smallest absolute Gasteiger partial charge is 0.228 e. The van der Waals surface area contributed by atoms with Gasteiger partial charge in [-0.15, -0.1) is 12.4 Å². The molecule has 2 aliphatic rings. The molecule has 2 saturated heterocycles. The second-order valence-electron chi connectivity index (χ2n) is 7.89. The van der Waals surface area contributed by atoms with Crippen LogP contribution in [0.5, 0.6) is 5.75 Å². The predicted octanol–water partition coefficient (Wildman–Crippen LogP) is 3.56. The molecule has 6 heteroatoms. The number of carbonyl (C=O) groups excluding carboxylic acids is 1. The van der Waals surface area contributed by atoms with E-state index in [1.165, 1.54) is 0 Å². The molecule has 152 valence electrons. The number of nitrogens with one attached hydrogen (secondary N) is 1. The van der Waals surface area contributed by atoms with E-state index in [2.05, 4.69) is 36.5 Å². The van der Waals surface area contributed by atoms with Crippen LogP contribution in [0.15, 0.2) is 36.4 Å². The van der Waals surface area contributed by atoms with Gasteiger partial charge in [0.05, 0.1) is 20.3 Å². The minimum atomic E-state index is -0.243. The highest BCUT2D eigenvalue weighted by molar-refractivity contribution is 5.85. The number of carbonyl (C=O) groups is 1. The Kier molecular flexibility index (Phi) is 6.48. The van der Waals surface area contributed by atoms with Crippen molar-refractivity contribution in [2.45, 2.75) is 25.9 Å². The third kappa shape index (κ3) is 4.12. The molecule has 0 aliphatic carbocycles. The van der Waals surface area contributed by atoms with Gasteiger partial charge < -0.3 is 19.7 Å². The molecule has 1 amide bonds. The van der Waals surface area contributed by atoms with Crippen LogP contribution >= 0.6 is 12.4 Å². The van der Waals surface area contributed by atoms with E-state index in [0.29, 0.717) is 19.7 Å². The van der Waals surface area contributed by atoms with Crippen molar-refractivity contribution in [1.29, 1.82) is 0 Å². The maximum Gasteiger partial charge on any atom is 0.228 e. The number of benzene rings is 2. The minimum Gasteiger partial charge on any atom is -0.497 e. The SMILES string of the molecule is COc1ccc2cc(C3CN(C(=O)C4(C)CCNCC4)CCO3)ccc2c1.Cl. The Balaban J connectivity index is 0.00000225. The number of morpholine rings is 1. The molecule has 2 fully saturated rings. The van der Waals surface area contributed by atoms with Crippen LogP contribution in [0.1, 0.15) is 31.4 Å². The van der Waals surface area contributed by atoms with Gasteiger partial charge in [0.1, 0.15) is 11.9 Å². The molecule has 0 saturated carbocycles. The molecule has 2 aromatic carbocycles. The Morgan fingerprint density at radius 2 is 1.89 bits per heavy atom. The zero-order chi connectivity index (χ0) is 18.9. The summed E-state index contributed by atoms with van der Waals surface area (Å²) in [7, 11) is 1.68. The number of hydrogen-bond acceptors (Lipinski definition) is 4. The molecule has 0 aromatic heterocycles. The molecule has 1 unspecified atom stereocenters. The molecule has 1 atom stereocenters.